The van der Waals surface area contributed by atoms with E-state index in [1.54, 1.807) is 6.07 Å². The Balaban J connectivity index is 1.28. The quantitative estimate of drug-likeness (QED) is 0.714. The van der Waals surface area contributed by atoms with Gasteiger partial charge in [-0.2, -0.15) is 0 Å². The highest BCUT2D eigenvalue weighted by Crippen LogP contribution is 2.49. The molecule has 1 saturated carbocycles. The average molecular weight is 410 g/mol. The predicted octanol–water partition coefficient (Wildman–Crippen LogP) is 3.43. The van der Waals surface area contributed by atoms with Gasteiger partial charge in [0.05, 0.1) is 10.7 Å². The number of carbonyl (C=O) groups is 2. The zero-order chi connectivity index (χ0) is 19.0. The lowest BCUT2D eigenvalue weighted by Crippen LogP contribution is -2.53. The van der Waals surface area contributed by atoms with E-state index < -0.39 is 0 Å². The number of rotatable bonds is 4. The summed E-state index contributed by atoms with van der Waals surface area (Å²) in [7, 11) is 0. The molecule has 0 atom stereocenters. The summed E-state index contributed by atoms with van der Waals surface area (Å²) in [6.45, 7) is 4.70. The maximum absolute atomic E-state index is 12.4. The van der Waals surface area contributed by atoms with Gasteiger partial charge in [0, 0.05) is 57.1 Å². The third kappa shape index (κ3) is 3.96. The third-order valence-electron chi connectivity index (χ3n) is 6.33. The van der Waals surface area contributed by atoms with Crippen LogP contribution in [0.1, 0.15) is 32.1 Å². The predicted molar refractivity (Wildman–Crippen MR) is 107 cm³/mol. The summed E-state index contributed by atoms with van der Waals surface area (Å²) < 4.78 is 0. The van der Waals surface area contributed by atoms with E-state index in [-0.39, 0.29) is 17.2 Å². The van der Waals surface area contributed by atoms with E-state index in [9.17, 15) is 9.59 Å². The van der Waals surface area contributed by atoms with Crippen molar-refractivity contribution in [3.63, 3.8) is 0 Å². The number of benzene rings is 1. The van der Waals surface area contributed by atoms with E-state index in [2.05, 4.69) is 9.80 Å². The lowest BCUT2D eigenvalue weighted by Gasteiger charge is -2.46. The van der Waals surface area contributed by atoms with Gasteiger partial charge in [-0.15, -0.1) is 0 Å². The van der Waals surface area contributed by atoms with Crippen LogP contribution in [0.5, 0.6) is 0 Å². The van der Waals surface area contributed by atoms with Gasteiger partial charge in [0.2, 0.25) is 11.8 Å². The van der Waals surface area contributed by atoms with Crippen molar-refractivity contribution in [3.05, 3.63) is 28.2 Å². The van der Waals surface area contributed by atoms with Gasteiger partial charge < -0.3 is 4.90 Å². The smallest absolute Gasteiger partial charge is 0.229 e. The van der Waals surface area contributed by atoms with E-state index in [1.165, 1.54) is 4.90 Å². The molecule has 0 bridgehead atoms. The Morgan fingerprint density at radius 1 is 0.926 bits per heavy atom. The zero-order valence-corrected chi connectivity index (χ0v) is 16.9. The number of imide groups is 1. The number of carbonyl (C=O) groups excluding carboxylic acids is 2. The van der Waals surface area contributed by atoms with Gasteiger partial charge in [0.1, 0.15) is 0 Å². The average Bonchev–Trinajstić information content (AvgIpc) is 2.62. The molecule has 0 radical (unpaired) electrons. The Kier molecular flexibility index (Phi) is 5.36. The SMILES string of the molecule is O=C1CC2(CCC2)CC(=O)N1CCN1CCN(c2cc(Cl)ccc2Cl)CC1. The van der Waals surface area contributed by atoms with Crippen molar-refractivity contribution in [3.8, 4) is 0 Å². The number of anilines is 1. The fraction of sp³-hybridized carbons (Fsp3) is 0.600. The minimum atomic E-state index is 0.00647. The van der Waals surface area contributed by atoms with Crippen molar-refractivity contribution in [1.29, 1.82) is 0 Å². The van der Waals surface area contributed by atoms with Crippen LogP contribution < -0.4 is 4.90 Å². The number of likely N-dealkylation sites (tertiary alicyclic amines) is 1. The molecule has 2 saturated heterocycles. The van der Waals surface area contributed by atoms with Crippen LogP contribution in [0, 0.1) is 5.41 Å². The summed E-state index contributed by atoms with van der Waals surface area (Å²) in [6.07, 6.45) is 4.33. The van der Waals surface area contributed by atoms with Gasteiger partial charge >= 0.3 is 0 Å². The van der Waals surface area contributed by atoms with Gasteiger partial charge in [-0.05, 0) is 36.5 Å². The second kappa shape index (κ2) is 7.61. The van der Waals surface area contributed by atoms with Crippen LogP contribution in [0.4, 0.5) is 5.69 Å². The normalized spacial score (nSPS) is 23.0. The number of amides is 2. The molecule has 3 fully saturated rings. The van der Waals surface area contributed by atoms with Crippen LogP contribution in [-0.4, -0.2) is 60.9 Å². The van der Waals surface area contributed by atoms with E-state index in [1.807, 2.05) is 12.1 Å². The summed E-state index contributed by atoms with van der Waals surface area (Å²) in [4.78, 5) is 30.9. The Hall–Kier alpha value is -1.30. The molecule has 5 nitrogen and oxygen atoms in total. The van der Waals surface area contributed by atoms with Gasteiger partial charge in [-0.1, -0.05) is 29.6 Å². The molecule has 4 rings (SSSR count). The highest BCUT2D eigenvalue weighted by molar-refractivity contribution is 6.35. The molecule has 2 heterocycles. The standard InChI is InChI=1S/C20H25Cl2N3O2/c21-15-2-3-16(22)17(12-15)24-9-6-23(7-10-24)8-11-25-18(26)13-20(4-1-5-20)14-19(25)27/h2-3,12H,1,4-11,13-14H2. The maximum atomic E-state index is 12.4. The lowest BCUT2D eigenvalue weighted by atomic mass is 9.63. The number of piperazine rings is 1. The van der Waals surface area contributed by atoms with E-state index in [0.29, 0.717) is 29.4 Å². The van der Waals surface area contributed by atoms with Gasteiger partial charge in [0.25, 0.3) is 0 Å². The van der Waals surface area contributed by atoms with Crippen molar-refractivity contribution in [2.45, 2.75) is 32.1 Å². The molecular weight excluding hydrogens is 385 g/mol. The monoisotopic (exact) mass is 409 g/mol. The summed E-state index contributed by atoms with van der Waals surface area (Å²) in [5.41, 5.74) is 0.975. The van der Waals surface area contributed by atoms with Crippen molar-refractivity contribution in [2.24, 2.45) is 5.41 Å². The topological polar surface area (TPSA) is 43.9 Å². The van der Waals surface area contributed by atoms with Crippen LogP contribution in [0.25, 0.3) is 0 Å². The molecule has 0 aromatic heterocycles. The summed E-state index contributed by atoms with van der Waals surface area (Å²) in [6, 6.07) is 5.53. The van der Waals surface area contributed by atoms with E-state index in [4.69, 9.17) is 23.2 Å². The Bertz CT molecular complexity index is 723. The molecule has 2 amide bonds. The third-order valence-corrected chi connectivity index (χ3v) is 6.88. The van der Waals surface area contributed by atoms with Crippen molar-refractivity contribution < 1.29 is 9.59 Å². The minimum Gasteiger partial charge on any atom is -0.368 e. The maximum Gasteiger partial charge on any atom is 0.229 e. The van der Waals surface area contributed by atoms with Crippen LogP contribution in [0.3, 0.4) is 0 Å². The zero-order valence-electron chi connectivity index (χ0n) is 15.4. The van der Waals surface area contributed by atoms with Crippen molar-refractivity contribution in [2.75, 3.05) is 44.2 Å². The van der Waals surface area contributed by atoms with Crippen LogP contribution in [-0.2, 0) is 9.59 Å². The Labute approximate surface area is 170 Å². The molecule has 1 aromatic rings. The van der Waals surface area contributed by atoms with Crippen LogP contribution in [0.2, 0.25) is 10.0 Å². The fourth-order valence-corrected chi connectivity index (χ4v) is 4.90. The summed E-state index contributed by atoms with van der Waals surface area (Å²) >= 11 is 12.4. The molecule has 0 N–H and O–H groups in total. The number of nitrogens with zero attached hydrogens (tertiary/aromatic N) is 3. The Morgan fingerprint density at radius 2 is 1.59 bits per heavy atom. The molecule has 1 spiro atoms. The van der Waals surface area contributed by atoms with Crippen molar-refractivity contribution in [1.82, 2.24) is 9.80 Å². The van der Waals surface area contributed by atoms with E-state index >= 15 is 0 Å². The number of piperidine rings is 1. The van der Waals surface area contributed by atoms with Gasteiger partial charge in [-0.25, -0.2) is 0 Å². The van der Waals surface area contributed by atoms with Crippen LogP contribution in [0.15, 0.2) is 18.2 Å². The van der Waals surface area contributed by atoms with Crippen LogP contribution >= 0.6 is 23.2 Å². The molecule has 1 aromatic carbocycles. The molecule has 3 aliphatic rings. The second-order valence-corrected chi connectivity index (χ2v) is 8.91. The fourth-order valence-electron chi connectivity index (χ4n) is 4.50. The largest absolute Gasteiger partial charge is 0.368 e. The highest BCUT2D eigenvalue weighted by Gasteiger charge is 2.47. The summed E-state index contributed by atoms with van der Waals surface area (Å²) in [5, 5.41) is 1.39. The first kappa shape index (κ1) is 19.0. The van der Waals surface area contributed by atoms with E-state index in [0.717, 1.165) is 57.7 Å². The lowest BCUT2D eigenvalue weighted by molar-refractivity contribution is -0.156. The molecule has 2 aliphatic heterocycles. The first-order valence-electron chi connectivity index (χ1n) is 9.71. The first-order valence-corrected chi connectivity index (χ1v) is 10.5. The highest BCUT2D eigenvalue weighted by atomic mass is 35.5. The second-order valence-electron chi connectivity index (χ2n) is 8.07. The van der Waals surface area contributed by atoms with Gasteiger partial charge in [0.15, 0.2) is 0 Å². The molecule has 0 unspecified atom stereocenters. The molecule has 1 aliphatic carbocycles. The number of halogens is 2. The minimum absolute atomic E-state index is 0.00647. The van der Waals surface area contributed by atoms with Gasteiger partial charge in [-0.3, -0.25) is 19.4 Å². The Morgan fingerprint density at radius 3 is 2.19 bits per heavy atom. The molecule has 7 heteroatoms. The molecule has 146 valence electrons. The summed E-state index contributed by atoms with van der Waals surface area (Å²) in [5.74, 6) is 0.0468. The number of hydrogen-bond acceptors (Lipinski definition) is 4. The molecular formula is C20H25Cl2N3O2. The van der Waals surface area contributed by atoms with Crippen molar-refractivity contribution >= 4 is 40.7 Å². The first-order chi connectivity index (χ1) is 13.0. The molecule has 27 heavy (non-hydrogen) atoms. The number of hydrogen-bond donors (Lipinski definition) is 0.